The molecule has 8 heteroatoms. The highest BCUT2D eigenvalue weighted by molar-refractivity contribution is 6.35. The first-order chi connectivity index (χ1) is 14.5. The van der Waals surface area contributed by atoms with Crippen LogP contribution in [0.2, 0.25) is 10.0 Å². The number of H-pyrrole nitrogens is 1. The summed E-state index contributed by atoms with van der Waals surface area (Å²) < 4.78 is 1.97. The van der Waals surface area contributed by atoms with E-state index in [4.69, 9.17) is 28.2 Å². The molecule has 1 aliphatic carbocycles. The van der Waals surface area contributed by atoms with Gasteiger partial charge in [0.05, 0.1) is 12.2 Å². The molecule has 3 heterocycles. The van der Waals surface area contributed by atoms with Crippen molar-refractivity contribution in [2.75, 3.05) is 13.1 Å². The van der Waals surface area contributed by atoms with Crippen molar-refractivity contribution in [1.29, 1.82) is 0 Å². The molecule has 2 aromatic heterocycles. The number of nitrogens with zero attached hydrogens (tertiary/aromatic N) is 4. The fraction of sp³-hybridized carbons (Fsp3) is 0.500. The molecule has 0 unspecified atom stereocenters. The van der Waals surface area contributed by atoms with Gasteiger partial charge in [0.2, 0.25) is 0 Å². The summed E-state index contributed by atoms with van der Waals surface area (Å²) in [5, 5.41) is 6.46. The molecule has 0 amide bonds. The van der Waals surface area contributed by atoms with Gasteiger partial charge >= 0.3 is 0 Å². The highest BCUT2D eigenvalue weighted by Gasteiger charge is 2.34. The van der Waals surface area contributed by atoms with E-state index in [9.17, 15) is 4.79 Å². The summed E-state index contributed by atoms with van der Waals surface area (Å²) in [5.74, 6) is 1.26. The molecule has 30 heavy (non-hydrogen) atoms. The second-order valence-electron chi connectivity index (χ2n) is 8.69. The molecular weight excluding hydrogens is 421 g/mol. The van der Waals surface area contributed by atoms with Gasteiger partial charge in [-0.3, -0.25) is 9.69 Å². The molecule has 1 aliphatic heterocycles. The number of aromatic nitrogens is 4. The lowest BCUT2D eigenvalue weighted by molar-refractivity contribution is 0.318. The van der Waals surface area contributed by atoms with Crippen LogP contribution < -0.4 is 5.56 Å². The molecule has 158 valence electrons. The van der Waals surface area contributed by atoms with E-state index in [2.05, 4.69) is 21.9 Å². The summed E-state index contributed by atoms with van der Waals surface area (Å²) in [6.07, 6.45) is 6.29. The van der Waals surface area contributed by atoms with Crippen LogP contribution in [0.4, 0.5) is 0 Å². The van der Waals surface area contributed by atoms with Gasteiger partial charge in [0.1, 0.15) is 11.2 Å². The SMILES string of the molecule is C[C@@H]1CN(Cc2c(Cl)cccc2Cl)C[C@H]1c1nc2c(cnn2C2CCCC2)c(=O)[nH]1. The summed E-state index contributed by atoms with van der Waals surface area (Å²) in [6, 6.07) is 5.96. The average molecular weight is 446 g/mol. The topological polar surface area (TPSA) is 66.8 Å². The van der Waals surface area contributed by atoms with Crippen molar-refractivity contribution >= 4 is 34.2 Å². The van der Waals surface area contributed by atoms with Crippen molar-refractivity contribution in [1.82, 2.24) is 24.6 Å². The normalized spacial score (nSPS) is 23.0. The molecule has 1 saturated carbocycles. The minimum Gasteiger partial charge on any atom is -0.310 e. The van der Waals surface area contributed by atoms with E-state index in [1.165, 1.54) is 12.8 Å². The smallest absolute Gasteiger partial charge is 0.262 e. The molecule has 5 rings (SSSR count). The van der Waals surface area contributed by atoms with Gasteiger partial charge in [-0.2, -0.15) is 5.10 Å². The first kappa shape index (κ1) is 20.0. The lowest BCUT2D eigenvalue weighted by Gasteiger charge is -2.18. The van der Waals surface area contributed by atoms with Gasteiger partial charge < -0.3 is 4.98 Å². The molecule has 3 aromatic rings. The minimum absolute atomic E-state index is 0.0981. The number of benzene rings is 1. The lowest BCUT2D eigenvalue weighted by atomic mass is 9.97. The molecule has 2 atom stereocenters. The maximum Gasteiger partial charge on any atom is 0.262 e. The standard InChI is InChI=1S/C22H25Cl2N5O/c1-13-10-28(12-17-18(23)7-4-8-19(17)24)11-16(13)20-26-21-15(22(30)27-20)9-25-29(21)14-5-2-3-6-14/h4,7-9,13-14,16H,2-3,5-6,10-12H2,1H3,(H,26,27,30)/t13-,16-/m1/s1. The molecule has 0 bridgehead atoms. The van der Waals surface area contributed by atoms with Gasteiger partial charge in [-0.15, -0.1) is 0 Å². The molecular formula is C22H25Cl2N5O. The summed E-state index contributed by atoms with van der Waals surface area (Å²) >= 11 is 12.7. The molecule has 2 aliphatic rings. The molecule has 6 nitrogen and oxygen atoms in total. The Morgan fingerprint density at radius 2 is 1.90 bits per heavy atom. The predicted molar refractivity (Wildman–Crippen MR) is 119 cm³/mol. The Labute approximate surface area is 185 Å². The molecule has 1 N–H and O–H groups in total. The Morgan fingerprint density at radius 1 is 1.17 bits per heavy atom. The van der Waals surface area contributed by atoms with E-state index in [0.29, 0.717) is 33.9 Å². The third kappa shape index (κ3) is 3.55. The predicted octanol–water partition coefficient (Wildman–Crippen LogP) is 4.78. The van der Waals surface area contributed by atoms with E-state index in [-0.39, 0.29) is 11.5 Å². The van der Waals surface area contributed by atoms with Gasteiger partial charge in [-0.1, -0.05) is 49.0 Å². The zero-order valence-corrected chi connectivity index (χ0v) is 18.5. The minimum atomic E-state index is -0.0981. The largest absolute Gasteiger partial charge is 0.310 e. The highest BCUT2D eigenvalue weighted by Crippen LogP contribution is 2.35. The van der Waals surface area contributed by atoms with Crippen LogP contribution in [0.1, 0.15) is 56.0 Å². The Balaban J connectivity index is 1.43. The first-order valence-electron chi connectivity index (χ1n) is 10.6. The van der Waals surface area contributed by atoms with E-state index < -0.39 is 0 Å². The van der Waals surface area contributed by atoms with Gasteiger partial charge in [-0.05, 0) is 30.9 Å². The van der Waals surface area contributed by atoms with Gasteiger partial charge in [-0.25, -0.2) is 9.67 Å². The number of likely N-dealkylation sites (tertiary alicyclic amines) is 1. The van der Waals surface area contributed by atoms with Crippen molar-refractivity contribution in [3.63, 3.8) is 0 Å². The van der Waals surface area contributed by atoms with Gasteiger partial charge in [0, 0.05) is 41.2 Å². The van der Waals surface area contributed by atoms with Crippen molar-refractivity contribution in [2.45, 2.75) is 51.1 Å². The molecule has 1 aromatic carbocycles. The first-order valence-corrected chi connectivity index (χ1v) is 11.4. The molecule has 0 spiro atoms. The van der Waals surface area contributed by atoms with Crippen LogP contribution in [0.25, 0.3) is 11.0 Å². The summed E-state index contributed by atoms with van der Waals surface area (Å²) in [7, 11) is 0. The van der Waals surface area contributed by atoms with Crippen molar-refractivity contribution in [2.24, 2.45) is 5.92 Å². The van der Waals surface area contributed by atoms with Crippen LogP contribution in [0, 0.1) is 5.92 Å². The van der Waals surface area contributed by atoms with Crippen LogP contribution >= 0.6 is 23.2 Å². The Hall–Kier alpha value is -1.89. The van der Waals surface area contributed by atoms with Crippen molar-refractivity contribution in [3.8, 4) is 0 Å². The molecule has 0 radical (unpaired) electrons. The number of hydrogen-bond acceptors (Lipinski definition) is 4. The Kier molecular flexibility index (Phi) is 5.33. The fourth-order valence-corrected chi connectivity index (χ4v) is 5.52. The van der Waals surface area contributed by atoms with E-state index in [1.807, 2.05) is 22.9 Å². The summed E-state index contributed by atoms with van der Waals surface area (Å²) in [4.78, 5) is 23.0. The van der Waals surface area contributed by atoms with E-state index in [0.717, 1.165) is 43.0 Å². The summed E-state index contributed by atoms with van der Waals surface area (Å²) in [5.41, 5.74) is 1.57. The van der Waals surface area contributed by atoms with Crippen LogP contribution in [0.3, 0.4) is 0 Å². The zero-order valence-electron chi connectivity index (χ0n) is 16.9. The number of hydrogen-bond donors (Lipinski definition) is 1. The van der Waals surface area contributed by atoms with Crippen LogP contribution in [0.15, 0.2) is 29.2 Å². The third-order valence-corrected chi connectivity index (χ3v) is 7.34. The zero-order chi connectivity index (χ0) is 20.8. The number of halogens is 2. The van der Waals surface area contributed by atoms with Crippen LogP contribution in [-0.4, -0.2) is 37.7 Å². The van der Waals surface area contributed by atoms with Crippen LogP contribution in [0.5, 0.6) is 0 Å². The van der Waals surface area contributed by atoms with Crippen molar-refractivity contribution in [3.05, 3.63) is 56.2 Å². The van der Waals surface area contributed by atoms with E-state index >= 15 is 0 Å². The number of fused-ring (bicyclic) bond motifs is 1. The highest BCUT2D eigenvalue weighted by atomic mass is 35.5. The summed E-state index contributed by atoms with van der Waals surface area (Å²) in [6.45, 7) is 4.59. The monoisotopic (exact) mass is 445 g/mol. The molecule has 1 saturated heterocycles. The quantitative estimate of drug-likeness (QED) is 0.627. The second kappa shape index (κ2) is 7.98. The number of rotatable bonds is 4. The van der Waals surface area contributed by atoms with Crippen molar-refractivity contribution < 1.29 is 0 Å². The average Bonchev–Trinajstić information content (AvgIpc) is 3.44. The number of aromatic amines is 1. The third-order valence-electron chi connectivity index (χ3n) is 6.63. The fourth-order valence-electron chi connectivity index (χ4n) is 5.00. The van der Waals surface area contributed by atoms with Gasteiger partial charge in [0.25, 0.3) is 5.56 Å². The molecule has 2 fully saturated rings. The maximum atomic E-state index is 12.8. The van der Waals surface area contributed by atoms with E-state index in [1.54, 1.807) is 6.20 Å². The van der Waals surface area contributed by atoms with Gasteiger partial charge in [0.15, 0.2) is 5.65 Å². The Morgan fingerprint density at radius 3 is 2.63 bits per heavy atom. The maximum absolute atomic E-state index is 12.8. The van der Waals surface area contributed by atoms with Crippen LogP contribution in [-0.2, 0) is 6.54 Å². The Bertz CT molecular complexity index is 1110. The lowest BCUT2D eigenvalue weighted by Crippen LogP contribution is -2.22. The number of nitrogens with one attached hydrogen (secondary N) is 1. The second-order valence-corrected chi connectivity index (χ2v) is 9.51.